The van der Waals surface area contributed by atoms with Crippen molar-refractivity contribution < 1.29 is 14.3 Å². The molecule has 61 heavy (non-hydrogen) atoms. The predicted octanol–water partition coefficient (Wildman–Crippen LogP) is 14.7. The van der Waals surface area contributed by atoms with E-state index < -0.39 is 5.41 Å². The van der Waals surface area contributed by atoms with Gasteiger partial charge in [-0.15, -0.1) is 12.6 Å². The highest BCUT2D eigenvalue weighted by Gasteiger charge is 2.26. The zero-order valence-corrected chi connectivity index (χ0v) is 36.6. The summed E-state index contributed by atoms with van der Waals surface area (Å²) >= 11 is 12.4. The highest BCUT2D eigenvalue weighted by Crippen LogP contribution is 2.47. The number of ether oxygens (including phenoxy) is 2. The molecule has 6 nitrogen and oxygen atoms in total. The van der Waals surface area contributed by atoms with Crippen molar-refractivity contribution in [2.75, 3.05) is 16.9 Å². The van der Waals surface area contributed by atoms with Crippen molar-refractivity contribution >= 4 is 120 Å². The van der Waals surface area contributed by atoms with Gasteiger partial charge in [0.15, 0.2) is 5.62 Å². The van der Waals surface area contributed by atoms with E-state index in [1.165, 1.54) is 45.1 Å². The molecule has 0 aliphatic rings. The van der Waals surface area contributed by atoms with Crippen molar-refractivity contribution in [1.82, 2.24) is 0 Å². The number of benzene rings is 8. The Kier molecular flexibility index (Phi) is 15.2. The second-order valence-corrected chi connectivity index (χ2v) is 15.2. The topological polar surface area (TPSA) is 65.8 Å². The number of nitrogens with zero attached hydrogens (tertiary/aromatic N) is 3. The fourth-order valence-electron chi connectivity index (χ4n) is 7.53. The highest BCUT2D eigenvalue weighted by molar-refractivity contribution is 7.94. The lowest BCUT2D eigenvalue weighted by Crippen LogP contribution is -2.16. The summed E-state index contributed by atoms with van der Waals surface area (Å²) < 4.78 is 10.1. The second-order valence-electron chi connectivity index (χ2n) is 14.6. The molecule has 8 rings (SSSR count). The van der Waals surface area contributed by atoms with Gasteiger partial charge in [-0.2, -0.15) is 5.26 Å². The van der Waals surface area contributed by atoms with E-state index in [4.69, 9.17) is 21.7 Å². The lowest BCUT2D eigenvalue weighted by atomic mass is 9.86. The number of rotatable bonds is 12. The SMILES string of the molecule is CC(C)(C#N)CC(OC=S)c1ccc(N(c2ccccc2)c2cc3c4ccccc4c(N(c4ccccc4)c4ccccc4)cc3c3ccccc23)cc1.COC=S.O=CS. The standard InChI is InChI=1S/C49H39N3OS.C2H4OS.CH2OS/c1-49(2,33-50)32-48(53-34-54)35-26-28-39(29-27-35)52(38-20-10-5-11-21-38)47-31-45-40-22-12-14-24-42(40)46(30-44(45)41-23-13-15-25-43(41)47)51(36-16-6-3-7-17-36)37-18-8-4-9-19-37;1-3-2-4;2-1-3/h3-31,34,48H,32H2,1-2H3;2H,1H3;1H,(H,2,3). The minimum absolute atomic E-state index is 0.329. The van der Waals surface area contributed by atoms with Gasteiger partial charge in [-0.25, -0.2) is 0 Å². The first-order valence-corrected chi connectivity index (χ1v) is 21.0. The highest BCUT2D eigenvalue weighted by atomic mass is 32.1. The Morgan fingerprint density at radius 1 is 0.590 bits per heavy atom. The monoisotopic (exact) mass is 855 g/mol. The molecule has 304 valence electrons. The van der Waals surface area contributed by atoms with Crippen LogP contribution in [0.4, 0.5) is 34.1 Å². The number of para-hydroxylation sites is 3. The number of thiol groups is 1. The van der Waals surface area contributed by atoms with Gasteiger partial charge in [0, 0.05) is 39.9 Å². The zero-order valence-electron chi connectivity index (χ0n) is 34.1. The summed E-state index contributed by atoms with van der Waals surface area (Å²) in [7, 11) is 1.52. The molecule has 0 amide bonds. The summed E-state index contributed by atoms with van der Waals surface area (Å²) in [4.78, 5) is 13.4. The first-order chi connectivity index (χ1) is 29.8. The molecule has 0 radical (unpaired) electrons. The number of thiocarbonyl (C=S) groups is 2. The Hall–Kier alpha value is -6.57. The molecule has 1 unspecified atom stereocenters. The van der Waals surface area contributed by atoms with Crippen LogP contribution >= 0.6 is 37.1 Å². The van der Waals surface area contributed by atoms with Crippen LogP contribution in [0.15, 0.2) is 176 Å². The summed E-state index contributed by atoms with van der Waals surface area (Å²) in [6.45, 7) is 3.85. The molecule has 0 spiro atoms. The molecule has 0 aromatic heterocycles. The molecule has 8 aromatic rings. The first kappa shape index (κ1) is 44.0. The van der Waals surface area contributed by atoms with Crippen LogP contribution in [0.3, 0.4) is 0 Å². The molecule has 0 aliphatic heterocycles. The molecule has 0 bridgehead atoms. The Labute approximate surface area is 374 Å². The Balaban J connectivity index is 0.000000830. The van der Waals surface area contributed by atoms with Crippen molar-refractivity contribution in [2.45, 2.75) is 26.4 Å². The number of nitriles is 1. The van der Waals surface area contributed by atoms with E-state index in [0.717, 1.165) is 45.1 Å². The van der Waals surface area contributed by atoms with Gasteiger partial charge in [0.25, 0.3) is 0 Å². The molecule has 0 N–H and O–H groups in total. The number of fused-ring (bicyclic) bond motifs is 5. The van der Waals surface area contributed by atoms with Crippen LogP contribution in [-0.4, -0.2) is 23.8 Å². The molecule has 8 aromatic carbocycles. The van der Waals surface area contributed by atoms with Crippen molar-refractivity contribution in [1.29, 1.82) is 5.26 Å². The lowest BCUT2D eigenvalue weighted by molar-refractivity contribution is 0.160. The van der Waals surface area contributed by atoms with E-state index in [-0.39, 0.29) is 6.10 Å². The summed E-state index contributed by atoms with van der Waals surface area (Å²) in [6, 6.07) is 64.8. The molecule has 1 atom stereocenters. The van der Waals surface area contributed by atoms with Crippen LogP contribution in [0.2, 0.25) is 0 Å². The van der Waals surface area contributed by atoms with Gasteiger partial charge >= 0.3 is 0 Å². The first-order valence-electron chi connectivity index (χ1n) is 19.6. The van der Waals surface area contributed by atoms with Crippen molar-refractivity contribution in [3.8, 4) is 6.07 Å². The zero-order chi connectivity index (χ0) is 43.2. The smallest absolute Gasteiger partial charge is 0.173 e. The van der Waals surface area contributed by atoms with Crippen LogP contribution in [-0.2, 0) is 14.3 Å². The third-order valence-electron chi connectivity index (χ3n) is 10.2. The number of carbonyl (C=O) groups excluding carboxylic acids is 1. The predicted molar refractivity (Wildman–Crippen MR) is 266 cm³/mol. The van der Waals surface area contributed by atoms with E-state index >= 15 is 0 Å². The number of carbonyl (C=O) groups is 1. The molecule has 0 saturated heterocycles. The molecule has 0 aliphatic carbocycles. The number of anilines is 6. The largest absolute Gasteiger partial charge is 0.493 e. The molecule has 0 heterocycles. The number of hydrogen-bond donors (Lipinski definition) is 1. The summed E-state index contributed by atoms with van der Waals surface area (Å²) in [5.74, 6) is 0. The van der Waals surface area contributed by atoms with E-state index in [2.05, 4.69) is 215 Å². The van der Waals surface area contributed by atoms with Gasteiger partial charge in [-0.1, -0.05) is 115 Å². The minimum Gasteiger partial charge on any atom is -0.493 e. The maximum absolute atomic E-state index is 9.75. The van der Waals surface area contributed by atoms with E-state index in [9.17, 15) is 5.26 Å². The van der Waals surface area contributed by atoms with Gasteiger partial charge < -0.3 is 19.3 Å². The normalized spacial score (nSPS) is 11.1. The summed E-state index contributed by atoms with van der Waals surface area (Å²) in [5.41, 5.74) is 9.82. The molecule has 0 fully saturated rings. The fraction of sp³-hybridized carbons (Fsp3) is 0.115. The van der Waals surface area contributed by atoms with Gasteiger partial charge in [0.1, 0.15) is 17.2 Å². The van der Waals surface area contributed by atoms with Crippen LogP contribution in [0.5, 0.6) is 0 Å². The molecule has 0 saturated carbocycles. The van der Waals surface area contributed by atoms with E-state index in [0.29, 0.717) is 12.0 Å². The van der Waals surface area contributed by atoms with Crippen LogP contribution in [0.1, 0.15) is 31.9 Å². The second kappa shape index (κ2) is 21.1. The maximum atomic E-state index is 9.75. The number of methoxy groups -OCH3 is 1. The van der Waals surface area contributed by atoms with Crippen LogP contribution in [0, 0.1) is 16.7 Å². The fourth-order valence-corrected chi connectivity index (χ4v) is 7.66. The Bertz CT molecular complexity index is 2720. The van der Waals surface area contributed by atoms with Crippen molar-refractivity contribution in [2.24, 2.45) is 5.41 Å². The minimum atomic E-state index is -0.566. The van der Waals surface area contributed by atoms with E-state index in [1.807, 2.05) is 19.9 Å². The van der Waals surface area contributed by atoms with Gasteiger partial charge in [0.05, 0.1) is 30.0 Å². The third-order valence-corrected chi connectivity index (χ3v) is 10.5. The number of hydrogen-bond acceptors (Lipinski definition) is 8. The molecular formula is C52H45N3O3S3. The lowest BCUT2D eigenvalue weighted by Gasteiger charge is -2.30. The average molecular weight is 856 g/mol. The quantitative estimate of drug-likeness (QED) is 0.0564. The molecular weight excluding hydrogens is 811 g/mol. The van der Waals surface area contributed by atoms with Crippen molar-refractivity contribution in [3.05, 3.63) is 181 Å². The summed E-state index contributed by atoms with van der Waals surface area (Å²) in [5, 5.41) is 16.8. The summed E-state index contributed by atoms with van der Waals surface area (Å²) in [6.07, 6.45) is 0.194. The maximum Gasteiger partial charge on any atom is 0.173 e. The average Bonchev–Trinajstić information content (AvgIpc) is 3.31. The van der Waals surface area contributed by atoms with E-state index in [1.54, 1.807) is 0 Å². The third kappa shape index (κ3) is 10.2. The van der Waals surface area contributed by atoms with Gasteiger partial charge in [-0.3, -0.25) is 4.79 Å². The molecule has 9 heteroatoms. The Morgan fingerprint density at radius 2 is 0.934 bits per heavy atom. The van der Waals surface area contributed by atoms with Crippen LogP contribution in [0.25, 0.3) is 32.3 Å². The van der Waals surface area contributed by atoms with Crippen LogP contribution < -0.4 is 9.80 Å². The van der Waals surface area contributed by atoms with Crippen molar-refractivity contribution in [3.63, 3.8) is 0 Å². The van der Waals surface area contributed by atoms with Gasteiger partial charge in [0.2, 0.25) is 0 Å². The van der Waals surface area contributed by atoms with Gasteiger partial charge in [-0.05, 0) is 126 Å². The Morgan fingerprint density at radius 3 is 1.28 bits per heavy atom.